The molecule has 18 heavy (non-hydrogen) atoms. The van der Waals surface area contributed by atoms with E-state index in [1.807, 2.05) is 30.3 Å². The Morgan fingerprint density at radius 1 is 1.33 bits per heavy atom. The number of ether oxygens (including phenoxy) is 1. The summed E-state index contributed by atoms with van der Waals surface area (Å²) < 4.78 is 4.77. The lowest BCUT2D eigenvalue weighted by molar-refractivity contribution is 0.143. The Balaban J connectivity index is 2.02. The van der Waals surface area contributed by atoms with Crippen LogP contribution in [0.5, 0.6) is 5.88 Å². The lowest BCUT2D eigenvalue weighted by Crippen LogP contribution is -2.04. The van der Waals surface area contributed by atoms with Crippen LogP contribution in [0.2, 0.25) is 0 Å². The maximum absolute atomic E-state index is 10.7. The quantitative estimate of drug-likeness (QED) is 0.855. The molecule has 0 amide bonds. The van der Waals surface area contributed by atoms with Crippen LogP contribution in [0.15, 0.2) is 30.3 Å². The van der Waals surface area contributed by atoms with Crippen molar-refractivity contribution < 1.29 is 14.6 Å². The summed E-state index contributed by atoms with van der Waals surface area (Å²) in [6.07, 6.45) is 0.947. The predicted octanol–water partition coefficient (Wildman–Crippen LogP) is 3.74. The molecule has 0 saturated heterocycles. The minimum Gasteiger partial charge on any atom is -0.449 e. The average molecular weight is 261 g/mol. The van der Waals surface area contributed by atoms with Gasteiger partial charge in [-0.05, 0) is 18.4 Å². The molecule has 0 radical (unpaired) electrons. The highest BCUT2D eigenvalue weighted by Gasteiger charge is 2.29. The Hall–Kier alpha value is -1.88. The van der Waals surface area contributed by atoms with Crippen molar-refractivity contribution in [3.8, 4) is 16.3 Å². The zero-order valence-electron chi connectivity index (χ0n) is 9.50. The summed E-state index contributed by atoms with van der Waals surface area (Å²) in [6, 6.07) is 9.61. The Morgan fingerprint density at radius 2 is 2.06 bits per heavy atom. The average Bonchev–Trinajstić information content (AvgIpc) is 3.12. The molecule has 1 aromatic carbocycles. The maximum Gasteiger partial charge on any atom is 0.512 e. The van der Waals surface area contributed by atoms with Gasteiger partial charge in [0.25, 0.3) is 0 Å². The molecule has 0 aliphatic heterocycles. The number of thiazole rings is 1. The fourth-order valence-corrected chi connectivity index (χ4v) is 2.92. The van der Waals surface area contributed by atoms with Crippen molar-refractivity contribution in [2.24, 2.45) is 0 Å². The van der Waals surface area contributed by atoms with Crippen LogP contribution in [0.1, 0.15) is 23.8 Å². The second-order valence-electron chi connectivity index (χ2n) is 4.19. The van der Waals surface area contributed by atoms with E-state index in [4.69, 9.17) is 9.84 Å². The molecule has 1 heterocycles. The molecule has 1 fully saturated rings. The normalized spacial score (nSPS) is 14.4. The van der Waals surface area contributed by atoms with E-state index < -0.39 is 6.16 Å². The molecule has 4 nitrogen and oxygen atoms in total. The summed E-state index contributed by atoms with van der Waals surface area (Å²) in [7, 11) is 0. The third kappa shape index (κ3) is 2.22. The Kier molecular flexibility index (Phi) is 2.76. The molecule has 3 rings (SSSR count). The van der Waals surface area contributed by atoms with Crippen LogP contribution in [-0.4, -0.2) is 16.2 Å². The molecule has 1 aliphatic carbocycles. The van der Waals surface area contributed by atoms with Gasteiger partial charge in [0.2, 0.25) is 5.88 Å². The Labute approximate surface area is 108 Å². The van der Waals surface area contributed by atoms with Gasteiger partial charge in [-0.1, -0.05) is 30.3 Å². The summed E-state index contributed by atoms with van der Waals surface area (Å²) in [5.41, 5.74) is 0.943. The van der Waals surface area contributed by atoms with Crippen LogP contribution >= 0.6 is 11.3 Å². The number of rotatable bonds is 3. The summed E-state index contributed by atoms with van der Waals surface area (Å²) in [4.78, 5) is 15.8. The second kappa shape index (κ2) is 4.42. The number of aromatic nitrogens is 1. The van der Waals surface area contributed by atoms with E-state index >= 15 is 0 Å². The summed E-state index contributed by atoms with van der Waals surface area (Å²) in [5.74, 6) is 0.698. The molecule has 0 unspecified atom stereocenters. The van der Waals surface area contributed by atoms with Crippen molar-refractivity contribution in [1.82, 2.24) is 4.98 Å². The first-order chi connectivity index (χ1) is 8.74. The summed E-state index contributed by atoms with van der Waals surface area (Å²) in [6.45, 7) is 0. The van der Waals surface area contributed by atoms with Crippen molar-refractivity contribution in [1.29, 1.82) is 0 Å². The molecular formula is C13H11NO3S. The number of carbonyl (C=O) groups is 1. The highest BCUT2D eigenvalue weighted by molar-refractivity contribution is 7.15. The van der Waals surface area contributed by atoms with Crippen molar-refractivity contribution in [3.05, 3.63) is 35.3 Å². The molecule has 1 aromatic heterocycles. The third-order valence-corrected chi connectivity index (χ3v) is 4.01. The fourth-order valence-electron chi connectivity index (χ4n) is 1.75. The van der Waals surface area contributed by atoms with E-state index in [2.05, 4.69) is 4.98 Å². The van der Waals surface area contributed by atoms with Crippen molar-refractivity contribution >= 4 is 17.5 Å². The van der Waals surface area contributed by atoms with Gasteiger partial charge in [0.05, 0.1) is 4.88 Å². The number of nitrogens with zero attached hydrogens (tertiary/aromatic N) is 1. The lowest BCUT2D eigenvalue weighted by atomic mass is 10.2. The van der Waals surface area contributed by atoms with Gasteiger partial charge >= 0.3 is 6.16 Å². The minimum absolute atomic E-state index is 0.209. The highest BCUT2D eigenvalue weighted by atomic mass is 32.1. The van der Waals surface area contributed by atoms with Gasteiger partial charge in [-0.15, -0.1) is 11.3 Å². The first-order valence-electron chi connectivity index (χ1n) is 5.71. The largest absolute Gasteiger partial charge is 0.512 e. The van der Waals surface area contributed by atoms with Crippen LogP contribution in [0.25, 0.3) is 10.4 Å². The molecule has 0 spiro atoms. The van der Waals surface area contributed by atoms with Crippen LogP contribution in [-0.2, 0) is 0 Å². The zero-order valence-corrected chi connectivity index (χ0v) is 10.3. The highest BCUT2D eigenvalue weighted by Crippen LogP contribution is 2.46. The molecule has 1 aliphatic rings. The lowest BCUT2D eigenvalue weighted by Gasteiger charge is -1.99. The summed E-state index contributed by atoms with van der Waals surface area (Å²) in [5, 5.41) is 9.72. The monoisotopic (exact) mass is 261 g/mol. The van der Waals surface area contributed by atoms with Crippen LogP contribution in [0.3, 0.4) is 0 Å². The van der Waals surface area contributed by atoms with Crippen LogP contribution in [0, 0.1) is 0 Å². The van der Waals surface area contributed by atoms with Gasteiger partial charge in [-0.2, -0.15) is 0 Å². The molecule has 0 atom stereocenters. The van der Waals surface area contributed by atoms with E-state index in [0.29, 0.717) is 5.92 Å². The second-order valence-corrected chi connectivity index (χ2v) is 5.23. The third-order valence-electron chi connectivity index (χ3n) is 2.76. The van der Waals surface area contributed by atoms with Crippen molar-refractivity contribution in [2.75, 3.05) is 0 Å². The minimum atomic E-state index is -1.32. The van der Waals surface area contributed by atoms with Gasteiger partial charge in [-0.25, -0.2) is 9.78 Å². The number of benzene rings is 1. The molecule has 2 aromatic rings. The number of carboxylic acid groups (broad SMARTS) is 1. The summed E-state index contributed by atoms with van der Waals surface area (Å²) >= 11 is 1.53. The van der Waals surface area contributed by atoms with Crippen molar-refractivity contribution in [2.45, 2.75) is 18.8 Å². The van der Waals surface area contributed by atoms with Crippen LogP contribution in [0.4, 0.5) is 4.79 Å². The molecular weight excluding hydrogens is 250 g/mol. The first-order valence-corrected chi connectivity index (χ1v) is 6.52. The molecule has 0 bridgehead atoms. The Bertz CT molecular complexity index is 575. The fraction of sp³-hybridized carbons (Fsp3) is 0.231. The smallest absolute Gasteiger partial charge is 0.449 e. The van der Waals surface area contributed by atoms with Crippen molar-refractivity contribution in [3.63, 3.8) is 0 Å². The topological polar surface area (TPSA) is 59.4 Å². The van der Waals surface area contributed by atoms with Crippen LogP contribution < -0.4 is 4.74 Å². The molecule has 5 heteroatoms. The van der Waals surface area contributed by atoms with Gasteiger partial charge in [0, 0.05) is 5.92 Å². The van der Waals surface area contributed by atoms with E-state index in [9.17, 15) is 4.79 Å². The predicted molar refractivity (Wildman–Crippen MR) is 68.2 cm³/mol. The van der Waals surface area contributed by atoms with Gasteiger partial charge < -0.3 is 9.84 Å². The van der Waals surface area contributed by atoms with E-state index in [0.717, 1.165) is 28.3 Å². The number of hydrogen-bond donors (Lipinski definition) is 1. The first kappa shape index (κ1) is 11.2. The van der Waals surface area contributed by atoms with E-state index in [-0.39, 0.29) is 5.88 Å². The van der Waals surface area contributed by atoms with Gasteiger partial charge in [0.15, 0.2) is 0 Å². The van der Waals surface area contributed by atoms with E-state index in [1.54, 1.807) is 0 Å². The SMILES string of the molecule is O=C(O)Oc1nc(C2CC2)sc1-c1ccccc1. The Morgan fingerprint density at radius 3 is 2.67 bits per heavy atom. The van der Waals surface area contributed by atoms with Gasteiger partial charge in [0.1, 0.15) is 5.01 Å². The van der Waals surface area contributed by atoms with E-state index in [1.165, 1.54) is 11.3 Å². The molecule has 1 N–H and O–H groups in total. The maximum atomic E-state index is 10.7. The molecule has 1 saturated carbocycles. The van der Waals surface area contributed by atoms with Gasteiger partial charge in [-0.3, -0.25) is 0 Å². The number of hydrogen-bond acceptors (Lipinski definition) is 4. The molecule has 92 valence electrons. The standard InChI is InChI=1S/C13H11NO3S/c15-13(16)17-11-10(8-4-2-1-3-5-8)18-12(14-11)9-6-7-9/h1-5,9H,6-7H2,(H,15,16). The zero-order chi connectivity index (χ0) is 12.5.